The van der Waals surface area contributed by atoms with Crippen molar-refractivity contribution in [3.63, 3.8) is 0 Å². The molecule has 0 spiro atoms. The van der Waals surface area contributed by atoms with Crippen molar-refractivity contribution in [3.8, 4) is 16.9 Å². The molecule has 2 aliphatic heterocycles. The molecular formula is C27H27N3O4. The minimum Gasteiger partial charge on any atom is -0.497 e. The van der Waals surface area contributed by atoms with Crippen molar-refractivity contribution in [1.82, 2.24) is 14.8 Å². The molecule has 0 saturated carbocycles. The molecule has 2 aromatic carbocycles. The summed E-state index contributed by atoms with van der Waals surface area (Å²) in [6, 6.07) is 21.2. The van der Waals surface area contributed by atoms with E-state index in [1.54, 1.807) is 23.1 Å². The first-order chi connectivity index (χ1) is 16.6. The highest BCUT2D eigenvalue weighted by Gasteiger charge is 2.54. The van der Waals surface area contributed by atoms with Gasteiger partial charge in [-0.1, -0.05) is 42.5 Å². The van der Waals surface area contributed by atoms with Crippen LogP contribution < -0.4 is 4.74 Å². The van der Waals surface area contributed by atoms with Crippen LogP contribution in [0.25, 0.3) is 11.1 Å². The Morgan fingerprint density at radius 2 is 1.76 bits per heavy atom. The maximum atomic E-state index is 12.9. The molecule has 3 aromatic rings. The van der Waals surface area contributed by atoms with Crippen molar-refractivity contribution in [2.75, 3.05) is 26.8 Å². The van der Waals surface area contributed by atoms with Gasteiger partial charge >= 0.3 is 0 Å². The van der Waals surface area contributed by atoms with E-state index < -0.39 is 0 Å². The molecule has 0 aliphatic carbocycles. The van der Waals surface area contributed by atoms with Crippen LogP contribution in [0.15, 0.2) is 72.9 Å². The van der Waals surface area contributed by atoms with Gasteiger partial charge in [-0.2, -0.15) is 0 Å². The second-order valence-electron chi connectivity index (χ2n) is 8.77. The van der Waals surface area contributed by atoms with Gasteiger partial charge in [0, 0.05) is 24.4 Å². The smallest absolute Gasteiger partial charge is 0.242 e. The van der Waals surface area contributed by atoms with Crippen LogP contribution in [0, 0.1) is 0 Å². The van der Waals surface area contributed by atoms with Crippen LogP contribution in [0.5, 0.6) is 5.75 Å². The van der Waals surface area contributed by atoms with Crippen LogP contribution in [0.4, 0.5) is 0 Å². The molecule has 0 bridgehead atoms. The first-order valence-electron chi connectivity index (χ1n) is 11.4. The maximum Gasteiger partial charge on any atom is 0.242 e. The molecule has 34 heavy (non-hydrogen) atoms. The highest BCUT2D eigenvalue weighted by Crippen LogP contribution is 2.43. The number of nitrogens with zero attached hydrogens (tertiary/aromatic N) is 3. The number of hydrogen-bond donors (Lipinski definition) is 1. The van der Waals surface area contributed by atoms with Crippen LogP contribution in [-0.4, -0.2) is 70.6 Å². The number of aliphatic hydroxyl groups excluding tert-OH is 1. The highest BCUT2D eigenvalue weighted by atomic mass is 16.5. The minimum atomic E-state index is -0.266. The van der Waals surface area contributed by atoms with Gasteiger partial charge in [-0.05, 0) is 41.0 Å². The van der Waals surface area contributed by atoms with Crippen LogP contribution in [-0.2, 0) is 16.0 Å². The minimum absolute atomic E-state index is 0.0238. The monoisotopic (exact) mass is 457 g/mol. The summed E-state index contributed by atoms with van der Waals surface area (Å²) >= 11 is 0. The van der Waals surface area contributed by atoms with E-state index in [9.17, 15) is 14.7 Å². The number of amides is 2. The van der Waals surface area contributed by atoms with E-state index in [4.69, 9.17) is 4.74 Å². The number of methoxy groups -OCH3 is 1. The number of carbonyl (C=O) groups excluding carboxylic acids is 2. The van der Waals surface area contributed by atoms with Crippen LogP contribution >= 0.6 is 0 Å². The van der Waals surface area contributed by atoms with Crippen molar-refractivity contribution < 1.29 is 19.4 Å². The van der Waals surface area contributed by atoms with Gasteiger partial charge in [0.05, 0.1) is 38.8 Å². The third-order valence-corrected chi connectivity index (χ3v) is 6.88. The number of carbonyl (C=O) groups is 2. The Morgan fingerprint density at radius 1 is 1.06 bits per heavy atom. The van der Waals surface area contributed by atoms with Gasteiger partial charge in [0.2, 0.25) is 11.8 Å². The Labute approximate surface area is 198 Å². The largest absolute Gasteiger partial charge is 0.497 e. The number of aliphatic hydroxyl groups is 1. The average molecular weight is 458 g/mol. The Morgan fingerprint density at radius 3 is 2.38 bits per heavy atom. The third kappa shape index (κ3) is 4.03. The zero-order valence-electron chi connectivity index (χ0n) is 19.0. The number of ether oxygens (including phenoxy) is 1. The molecule has 1 aromatic heterocycles. The Hall–Kier alpha value is -3.71. The fourth-order valence-electron chi connectivity index (χ4n) is 5.14. The number of aromatic nitrogens is 1. The number of hydrogen-bond acceptors (Lipinski definition) is 5. The molecule has 2 fully saturated rings. The van der Waals surface area contributed by atoms with Crippen LogP contribution in [0.3, 0.4) is 0 Å². The van der Waals surface area contributed by atoms with E-state index in [0.29, 0.717) is 12.2 Å². The molecule has 5 rings (SSSR count). The Bertz CT molecular complexity index is 1160. The first kappa shape index (κ1) is 22.1. The molecule has 1 N–H and O–H groups in total. The number of fused-ring (bicyclic) bond motifs is 1. The van der Waals surface area contributed by atoms with Crippen LogP contribution in [0.1, 0.15) is 17.2 Å². The molecule has 7 nitrogen and oxygen atoms in total. The lowest BCUT2D eigenvalue weighted by Crippen LogP contribution is -2.73. The van der Waals surface area contributed by atoms with Crippen molar-refractivity contribution >= 4 is 11.8 Å². The van der Waals surface area contributed by atoms with Crippen molar-refractivity contribution in [1.29, 1.82) is 0 Å². The molecule has 3 heterocycles. The van der Waals surface area contributed by atoms with E-state index in [-0.39, 0.29) is 49.4 Å². The third-order valence-electron chi connectivity index (χ3n) is 6.88. The van der Waals surface area contributed by atoms with Crippen molar-refractivity contribution in [2.24, 2.45) is 0 Å². The van der Waals surface area contributed by atoms with Gasteiger partial charge in [0.15, 0.2) is 0 Å². The second-order valence-corrected chi connectivity index (χ2v) is 8.77. The molecule has 2 saturated heterocycles. The molecular weight excluding hydrogens is 430 g/mol. The normalized spacial score (nSPS) is 21.6. The van der Waals surface area contributed by atoms with E-state index >= 15 is 0 Å². The van der Waals surface area contributed by atoms with E-state index in [1.165, 1.54) is 0 Å². The predicted molar refractivity (Wildman–Crippen MR) is 127 cm³/mol. The zero-order chi connectivity index (χ0) is 23.7. The summed E-state index contributed by atoms with van der Waals surface area (Å²) in [4.78, 5) is 33.4. The van der Waals surface area contributed by atoms with Gasteiger partial charge in [-0.25, -0.2) is 0 Å². The summed E-state index contributed by atoms with van der Waals surface area (Å²) in [5.74, 6) is 0.567. The molecule has 2 amide bonds. The molecule has 2 aliphatic rings. The standard InChI is InChI=1S/C27H27N3O4/c1-34-22-11-9-19(10-12-22)18-5-7-20(8-6-18)27-23-15-29(16-26(33)30(23)24(27)17-31)25(32)14-21-4-2-3-13-28-21/h2-13,23-24,27,31H,14-17H2,1H3/t23-,24+,27-/m1/s1. The Balaban J connectivity index is 1.33. The fourth-order valence-corrected chi connectivity index (χ4v) is 5.14. The maximum absolute atomic E-state index is 12.9. The van der Waals surface area contributed by atoms with Crippen molar-refractivity contribution in [2.45, 2.75) is 24.4 Å². The number of piperazine rings is 1. The lowest BCUT2D eigenvalue weighted by molar-refractivity contribution is -0.166. The van der Waals surface area contributed by atoms with Gasteiger partial charge in [0.25, 0.3) is 0 Å². The van der Waals surface area contributed by atoms with Gasteiger partial charge in [0.1, 0.15) is 5.75 Å². The zero-order valence-corrected chi connectivity index (χ0v) is 19.0. The average Bonchev–Trinajstić information content (AvgIpc) is 2.86. The van der Waals surface area contributed by atoms with E-state index in [2.05, 4.69) is 29.2 Å². The summed E-state index contributed by atoms with van der Waals surface area (Å²) in [5.41, 5.74) is 3.91. The summed E-state index contributed by atoms with van der Waals surface area (Å²) < 4.78 is 5.23. The van der Waals surface area contributed by atoms with Crippen molar-refractivity contribution in [3.05, 3.63) is 84.2 Å². The lowest BCUT2D eigenvalue weighted by atomic mass is 9.73. The SMILES string of the molecule is COc1ccc(-c2ccc([C@@H]3[C@H]4CN(C(=O)Cc5ccccn5)CC(=O)N4[C@H]3CO)cc2)cc1. The van der Waals surface area contributed by atoms with Gasteiger partial charge < -0.3 is 19.6 Å². The predicted octanol–water partition coefficient (Wildman–Crippen LogP) is 2.50. The van der Waals surface area contributed by atoms with E-state index in [1.807, 2.05) is 42.5 Å². The number of rotatable bonds is 6. The summed E-state index contributed by atoms with van der Waals surface area (Å²) in [6.07, 6.45) is 1.83. The number of pyridine rings is 1. The first-order valence-corrected chi connectivity index (χ1v) is 11.4. The topological polar surface area (TPSA) is 83.0 Å². The molecule has 3 atom stereocenters. The van der Waals surface area contributed by atoms with Gasteiger partial charge in [-0.15, -0.1) is 0 Å². The molecule has 0 unspecified atom stereocenters. The summed E-state index contributed by atoms with van der Waals surface area (Å²) in [5, 5.41) is 10.0. The second kappa shape index (κ2) is 9.27. The van der Waals surface area contributed by atoms with E-state index in [0.717, 1.165) is 22.4 Å². The highest BCUT2D eigenvalue weighted by molar-refractivity contribution is 5.88. The quantitative estimate of drug-likeness (QED) is 0.615. The molecule has 0 radical (unpaired) electrons. The fraction of sp³-hybridized carbons (Fsp3) is 0.296. The van der Waals surface area contributed by atoms with Crippen LogP contribution in [0.2, 0.25) is 0 Å². The lowest BCUT2D eigenvalue weighted by Gasteiger charge is -2.58. The Kier molecular flexibility index (Phi) is 6.02. The number of benzene rings is 2. The molecule has 7 heteroatoms. The summed E-state index contributed by atoms with van der Waals surface area (Å²) in [7, 11) is 1.65. The summed E-state index contributed by atoms with van der Waals surface area (Å²) in [6.45, 7) is 0.398. The van der Waals surface area contributed by atoms with Gasteiger partial charge in [-0.3, -0.25) is 14.6 Å². The molecule has 174 valence electrons.